The number of hydrogen-bond acceptors (Lipinski definition) is 1. The quantitative estimate of drug-likeness (QED) is 0.559. The van der Waals surface area contributed by atoms with Gasteiger partial charge < -0.3 is 0 Å². The van der Waals surface area contributed by atoms with Crippen LogP contribution in [0.15, 0.2) is 17.3 Å². The molecule has 0 fully saturated rings. The highest BCUT2D eigenvalue weighted by molar-refractivity contribution is 5.84. The van der Waals surface area contributed by atoms with Gasteiger partial charge in [0.05, 0.1) is 0 Å². The molecule has 0 amide bonds. The van der Waals surface area contributed by atoms with E-state index >= 15 is 0 Å². The van der Waals surface area contributed by atoms with E-state index in [0.717, 1.165) is 12.8 Å². The Bertz CT molecular complexity index is 123. The second-order valence-corrected chi connectivity index (χ2v) is 2.28. The average Bonchev–Trinajstić information content (AvgIpc) is 2.15. The zero-order valence-corrected chi connectivity index (χ0v) is 9.22. The Morgan fingerprint density at radius 3 is 2.17 bits per heavy atom. The van der Waals surface area contributed by atoms with Crippen LogP contribution in [0.5, 0.6) is 0 Å². The fraction of sp³-hybridized carbons (Fsp3) is 0.727. The van der Waals surface area contributed by atoms with Gasteiger partial charge in [0, 0.05) is 11.9 Å². The largest absolute Gasteiger partial charge is 0.266 e. The van der Waals surface area contributed by atoms with Crippen LogP contribution in [0.25, 0.3) is 0 Å². The number of nitrogens with zero attached hydrogens (tertiary/aromatic N) is 1. The van der Waals surface area contributed by atoms with Crippen molar-refractivity contribution in [3.63, 3.8) is 0 Å². The fourth-order valence-corrected chi connectivity index (χ4v) is 0.801. The molecule has 0 aromatic rings. The highest BCUT2D eigenvalue weighted by Gasteiger charge is 1.90. The highest BCUT2D eigenvalue weighted by Crippen LogP contribution is 1.96. The van der Waals surface area contributed by atoms with Crippen LogP contribution in [0.4, 0.5) is 0 Å². The van der Waals surface area contributed by atoms with E-state index in [9.17, 15) is 0 Å². The Morgan fingerprint density at radius 2 is 1.83 bits per heavy atom. The first-order valence-electron chi connectivity index (χ1n) is 5.01. The standard InChI is InChI=1S/C9H17N.C2H6/c1-4-7-9(6-3)10-8-5-2;1-2/h5,8H,4,6-7H2,1-3H3;1-2H3/b8-5-,10-9?;. The van der Waals surface area contributed by atoms with Crippen molar-refractivity contribution >= 4 is 5.71 Å². The van der Waals surface area contributed by atoms with Gasteiger partial charge in [-0.3, -0.25) is 4.99 Å². The van der Waals surface area contributed by atoms with Crippen molar-refractivity contribution in [2.45, 2.75) is 53.9 Å². The first kappa shape index (κ1) is 14.0. The van der Waals surface area contributed by atoms with Gasteiger partial charge in [0.25, 0.3) is 0 Å². The van der Waals surface area contributed by atoms with Crippen molar-refractivity contribution < 1.29 is 0 Å². The number of hydrogen-bond donors (Lipinski definition) is 0. The normalized spacial score (nSPS) is 11.2. The van der Waals surface area contributed by atoms with Crippen molar-refractivity contribution in [3.8, 4) is 0 Å². The molecule has 1 heteroatoms. The van der Waals surface area contributed by atoms with Crippen molar-refractivity contribution in [1.82, 2.24) is 0 Å². The molecular weight excluding hydrogens is 146 g/mol. The minimum Gasteiger partial charge on any atom is -0.266 e. The summed E-state index contributed by atoms with van der Waals surface area (Å²) in [5.74, 6) is 0. The van der Waals surface area contributed by atoms with E-state index in [4.69, 9.17) is 0 Å². The molecular formula is C11H23N. The van der Waals surface area contributed by atoms with Crippen LogP contribution in [0.1, 0.15) is 53.9 Å². The van der Waals surface area contributed by atoms with E-state index in [1.807, 2.05) is 33.0 Å². The fourth-order valence-electron chi connectivity index (χ4n) is 0.801. The topological polar surface area (TPSA) is 12.4 Å². The van der Waals surface area contributed by atoms with E-state index in [2.05, 4.69) is 18.8 Å². The Morgan fingerprint density at radius 1 is 1.25 bits per heavy atom. The number of allylic oxidation sites excluding steroid dienone is 1. The molecule has 0 aliphatic carbocycles. The zero-order chi connectivity index (χ0) is 9.82. The summed E-state index contributed by atoms with van der Waals surface area (Å²) in [6.45, 7) is 10.3. The first-order chi connectivity index (χ1) is 5.85. The Labute approximate surface area is 77.6 Å². The average molecular weight is 169 g/mol. The van der Waals surface area contributed by atoms with Gasteiger partial charge in [0.1, 0.15) is 0 Å². The molecule has 0 rings (SSSR count). The molecule has 0 aromatic heterocycles. The number of aliphatic imine (C=N–C) groups is 1. The van der Waals surface area contributed by atoms with Crippen LogP contribution in [-0.4, -0.2) is 5.71 Å². The van der Waals surface area contributed by atoms with Crippen LogP contribution >= 0.6 is 0 Å². The smallest absolute Gasteiger partial charge is 0.0224 e. The molecule has 72 valence electrons. The molecule has 0 radical (unpaired) electrons. The van der Waals surface area contributed by atoms with Gasteiger partial charge in [0.15, 0.2) is 0 Å². The number of rotatable bonds is 4. The first-order valence-corrected chi connectivity index (χ1v) is 5.01. The second-order valence-electron chi connectivity index (χ2n) is 2.28. The lowest BCUT2D eigenvalue weighted by Gasteiger charge is -1.96. The summed E-state index contributed by atoms with van der Waals surface area (Å²) in [5, 5.41) is 0. The zero-order valence-electron chi connectivity index (χ0n) is 9.22. The van der Waals surface area contributed by atoms with Crippen LogP contribution in [0, 0.1) is 0 Å². The van der Waals surface area contributed by atoms with Gasteiger partial charge in [-0.05, 0) is 19.8 Å². The molecule has 0 spiro atoms. The molecule has 0 N–H and O–H groups in total. The van der Waals surface area contributed by atoms with E-state index in [1.54, 1.807) is 0 Å². The van der Waals surface area contributed by atoms with Crippen LogP contribution < -0.4 is 0 Å². The van der Waals surface area contributed by atoms with Crippen LogP contribution in [-0.2, 0) is 0 Å². The maximum absolute atomic E-state index is 4.29. The van der Waals surface area contributed by atoms with Gasteiger partial charge in [-0.25, -0.2) is 0 Å². The van der Waals surface area contributed by atoms with E-state index < -0.39 is 0 Å². The summed E-state index contributed by atoms with van der Waals surface area (Å²) in [7, 11) is 0. The summed E-state index contributed by atoms with van der Waals surface area (Å²) >= 11 is 0. The second kappa shape index (κ2) is 13.0. The maximum atomic E-state index is 4.29. The molecule has 0 saturated carbocycles. The van der Waals surface area contributed by atoms with Crippen molar-refractivity contribution in [1.29, 1.82) is 0 Å². The molecule has 0 heterocycles. The lowest BCUT2D eigenvalue weighted by molar-refractivity contribution is 0.966. The summed E-state index contributed by atoms with van der Waals surface area (Å²) in [5.41, 5.74) is 1.31. The minimum absolute atomic E-state index is 1.08. The third kappa shape index (κ3) is 9.41. The van der Waals surface area contributed by atoms with E-state index in [-0.39, 0.29) is 0 Å². The molecule has 0 aliphatic heterocycles. The lowest BCUT2D eigenvalue weighted by atomic mass is 10.2. The van der Waals surface area contributed by atoms with E-state index in [0.29, 0.717) is 0 Å². The van der Waals surface area contributed by atoms with Crippen LogP contribution in [0.3, 0.4) is 0 Å². The monoisotopic (exact) mass is 169 g/mol. The summed E-state index contributed by atoms with van der Waals surface area (Å²) in [6.07, 6.45) is 7.25. The third-order valence-electron chi connectivity index (χ3n) is 1.35. The van der Waals surface area contributed by atoms with Crippen molar-refractivity contribution in [2.24, 2.45) is 4.99 Å². The van der Waals surface area contributed by atoms with Gasteiger partial charge in [-0.1, -0.05) is 40.2 Å². The molecule has 0 aromatic carbocycles. The van der Waals surface area contributed by atoms with Gasteiger partial charge in [0.2, 0.25) is 0 Å². The predicted molar refractivity (Wildman–Crippen MR) is 58.8 cm³/mol. The summed E-state index contributed by atoms with van der Waals surface area (Å²) < 4.78 is 0. The lowest BCUT2D eigenvalue weighted by Crippen LogP contribution is -1.93. The van der Waals surface area contributed by atoms with E-state index in [1.165, 1.54) is 12.1 Å². The van der Waals surface area contributed by atoms with Gasteiger partial charge in [-0.15, -0.1) is 0 Å². The molecule has 0 unspecified atom stereocenters. The minimum atomic E-state index is 1.08. The summed E-state index contributed by atoms with van der Waals surface area (Å²) in [6, 6.07) is 0. The van der Waals surface area contributed by atoms with Crippen molar-refractivity contribution in [2.75, 3.05) is 0 Å². The molecule has 12 heavy (non-hydrogen) atoms. The van der Waals surface area contributed by atoms with Crippen LogP contribution in [0.2, 0.25) is 0 Å². The Hall–Kier alpha value is -0.590. The Balaban J connectivity index is 0. The molecule has 0 bridgehead atoms. The van der Waals surface area contributed by atoms with Crippen molar-refractivity contribution in [3.05, 3.63) is 12.3 Å². The Kier molecular flexibility index (Phi) is 15.2. The summed E-state index contributed by atoms with van der Waals surface area (Å²) in [4.78, 5) is 4.29. The van der Waals surface area contributed by atoms with Gasteiger partial charge in [-0.2, -0.15) is 0 Å². The molecule has 0 atom stereocenters. The molecule has 0 aliphatic rings. The predicted octanol–water partition coefficient (Wildman–Crippen LogP) is 4.20. The molecule has 0 saturated heterocycles. The molecule has 1 nitrogen and oxygen atoms in total. The SMILES string of the molecule is C/C=C\N=C(CC)CCC.CC. The third-order valence-corrected chi connectivity index (χ3v) is 1.35. The highest BCUT2D eigenvalue weighted by atomic mass is 14.7. The maximum Gasteiger partial charge on any atom is 0.0224 e. The van der Waals surface area contributed by atoms with Gasteiger partial charge >= 0.3 is 0 Å².